The maximum Gasteiger partial charge on any atom is 0.246 e. The molecule has 0 saturated heterocycles. The third-order valence-electron chi connectivity index (χ3n) is 2.69. The molecular formula is C11H14N2O2. The van der Waals surface area contributed by atoms with Crippen molar-refractivity contribution in [3.63, 3.8) is 0 Å². The molecule has 0 spiro atoms. The van der Waals surface area contributed by atoms with Crippen LogP contribution >= 0.6 is 0 Å². The average molecular weight is 206 g/mol. The summed E-state index contributed by atoms with van der Waals surface area (Å²) >= 11 is 0. The van der Waals surface area contributed by atoms with Gasteiger partial charge in [-0.2, -0.15) is 0 Å². The van der Waals surface area contributed by atoms with Gasteiger partial charge in [0.2, 0.25) is 5.91 Å². The number of rotatable bonds is 2. The van der Waals surface area contributed by atoms with E-state index in [0.717, 1.165) is 22.6 Å². The van der Waals surface area contributed by atoms with Crippen molar-refractivity contribution in [1.82, 2.24) is 5.32 Å². The number of aryl methyl sites for hydroxylation is 1. The highest BCUT2D eigenvalue weighted by Gasteiger charge is 2.30. The predicted octanol–water partition coefficient (Wildman–Crippen LogP) is 1.22. The summed E-state index contributed by atoms with van der Waals surface area (Å²) in [6.45, 7) is 1.96. The summed E-state index contributed by atoms with van der Waals surface area (Å²) in [4.78, 5) is 11.6. The smallest absolute Gasteiger partial charge is 0.246 e. The summed E-state index contributed by atoms with van der Waals surface area (Å²) in [5.41, 5.74) is 2.88. The summed E-state index contributed by atoms with van der Waals surface area (Å²) in [5.74, 6) is 0.770. The number of benzene rings is 1. The first kappa shape index (κ1) is 9.98. The molecule has 0 bridgehead atoms. The van der Waals surface area contributed by atoms with E-state index in [1.54, 1.807) is 14.2 Å². The van der Waals surface area contributed by atoms with Crippen LogP contribution in [0, 0.1) is 6.92 Å². The van der Waals surface area contributed by atoms with E-state index in [1.165, 1.54) is 0 Å². The number of nitrogens with one attached hydrogen (secondary N) is 2. The Morgan fingerprint density at radius 1 is 1.47 bits per heavy atom. The van der Waals surface area contributed by atoms with Gasteiger partial charge in [-0.15, -0.1) is 0 Å². The third-order valence-corrected chi connectivity index (χ3v) is 2.69. The normalized spacial score (nSPS) is 18.6. The Bertz CT molecular complexity index is 415. The van der Waals surface area contributed by atoms with Crippen LogP contribution in [0.2, 0.25) is 0 Å². The SMILES string of the molecule is CNC1C(=O)Nc2c(C)cc(OC)cc21. The molecule has 2 rings (SSSR count). The molecule has 0 aromatic heterocycles. The van der Waals surface area contributed by atoms with Gasteiger partial charge in [0, 0.05) is 11.3 Å². The van der Waals surface area contributed by atoms with Gasteiger partial charge >= 0.3 is 0 Å². The van der Waals surface area contributed by atoms with Gasteiger partial charge in [-0.25, -0.2) is 0 Å². The number of methoxy groups -OCH3 is 1. The third kappa shape index (κ3) is 1.47. The van der Waals surface area contributed by atoms with Crippen LogP contribution in [-0.2, 0) is 4.79 Å². The number of likely N-dealkylation sites (N-methyl/N-ethyl adjacent to an activating group) is 1. The summed E-state index contributed by atoms with van der Waals surface area (Å²) < 4.78 is 5.18. The number of carbonyl (C=O) groups excluding carboxylic acids is 1. The minimum absolute atomic E-state index is 0.0103. The standard InChI is InChI=1S/C11H14N2O2/c1-6-4-7(15-3)5-8-9(6)13-11(14)10(8)12-2/h4-5,10,12H,1-3H3,(H,13,14). The van der Waals surface area contributed by atoms with E-state index in [4.69, 9.17) is 4.74 Å². The molecule has 1 aliphatic rings. The quantitative estimate of drug-likeness (QED) is 0.764. The van der Waals surface area contributed by atoms with E-state index in [2.05, 4.69) is 10.6 Å². The number of carbonyl (C=O) groups is 1. The first-order valence-corrected chi connectivity index (χ1v) is 4.84. The van der Waals surface area contributed by atoms with E-state index >= 15 is 0 Å². The first-order chi connectivity index (χ1) is 7.17. The molecule has 0 radical (unpaired) electrons. The van der Waals surface area contributed by atoms with E-state index < -0.39 is 0 Å². The van der Waals surface area contributed by atoms with Crippen molar-refractivity contribution >= 4 is 11.6 Å². The lowest BCUT2D eigenvalue weighted by Crippen LogP contribution is -2.23. The zero-order chi connectivity index (χ0) is 11.0. The number of hydrogen-bond donors (Lipinski definition) is 2. The van der Waals surface area contributed by atoms with Crippen molar-refractivity contribution < 1.29 is 9.53 Å². The highest BCUT2D eigenvalue weighted by Crippen LogP contribution is 2.36. The highest BCUT2D eigenvalue weighted by molar-refractivity contribution is 6.03. The molecule has 0 fully saturated rings. The van der Waals surface area contributed by atoms with E-state index in [9.17, 15) is 4.79 Å². The molecule has 0 saturated carbocycles. The van der Waals surface area contributed by atoms with Crippen molar-refractivity contribution in [1.29, 1.82) is 0 Å². The van der Waals surface area contributed by atoms with Crippen LogP contribution in [0.25, 0.3) is 0 Å². The van der Waals surface area contributed by atoms with Crippen molar-refractivity contribution in [3.05, 3.63) is 23.3 Å². The Kier molecular flexibility index (Phi) is 2.36. The second kappa shape index (κ2) is 3.55. The molecular weight excluding hydrogens is 192 g/mol. The van der Waals surface area contributed by atoms with Gasteiger partial charge in [-0.1, -0.05) is 0 Å². The molecule has 1 aromatic carbocycles. The topological polar surface area (TPSA) is 50.4 Å². The van der Waals surface area contributed by atoms with Gasteiger partial charge in [0.15, 0.2) is 0 Å². The van der Waals surface area contributed by atoms with Crippen LogP contribution in [0.5, 0.6) is 5.75 Å². The van der Waals surface area contributed by atoms with E-state index in [-0.39, 0.29) is 11.9 Å². The molecule has 1 aliphatic heterocycles. The Balaban J connectivity index is 2.54. The molecule has 4 heteroatoms. The van der Waals surface area contributed by atoms with Gasteiger partial charge in [0.1, 0.15) is 11.8 Å². The first-order valence-electron chi connectivity index (χ1n) is 4.84. The Hall–Kier alpha value is -1.55. The monoisotopic (exact) mass is 206 g/mol. The average Bonchev–Trinajstić information content (AvgIpc) is 2.54. The number of amides is 1. The summed E-state index contributed by atoms with van der Waals surface area (Å²) in [5, 5.41) is 5.84. The molecule has 1 unspecified atom stereocenters. The molecule has 4 nitrogen and oxygen atoms in total. The van der Waals surface area contributed by atoms with Gasteiger partial charge in [-0.3, -0.25) is 4.79 Å². The van der Waals surface area contributed by atoms with Gasteiger partial charge in [0.25, 0.3) is 0 Å². The second-order valence-electron chi connectivity index (χ2n) is 3.62. The highest BCUT2D eigenvalue weighted by atomic mass is 16.5. The maximum atomic E-state index is 11.6. The molecule has 1 heterocycles. The van der Waals surface area contributed by atoms with Crippen LogP contribution in [-0.4, -0.2) is 20.1 Å². The lowest BCUT2D eigenvalue weighted by Gasteiger charge is -2.09. The van der Waals surface area contributed by atoms with Crippen LogP contribution < -0.4 is 15.4 Å². The molecule has 1 atom stereocenters. The lowest BCUT2D eigenvalue weighted by molar-refractivity contribution is -0.117. The molecule has 80 valence electrons. The lowest BCUT2D eigenvalue weighted by atomic mass is 10.0. The summed E-state index contributed by atoms with van der Waals surface area (Å²) in [7, 11) is 3.40. The second-order valence-corrected chi connectivity index (χ2v) is 3.62. The fraction of sp³-hybridized carbons (Fsp3) is 0.364. The van der Waals surface area contributed by atoms with Crippen LogP contribution in [0.15, 0.2) is 12.1 Å². The van der Waals surface area contributed by atoms with Crippen molar-refractivity contribution in [2.45, 2.75) is 13.0 Å². The molecule has 2 N–H and O–H groups in total. The van der Waals surface area contributed by atoms with Gasteiger partial charge in [0.05, 0.1) is 7.11 Å². The molecule has 1 aromatic rings. The van der Waals surface area contributed by atoms with E-state index in [1.807, 2.05) is 19.1 Å². The van der Waals surface area contributed by atoms with E-state index in [0.29, 0.717) is 0 Å². The number of anilines is 1. The number of hydrogen-bond acceptors (Lipinski definition) is 3. The summed E-state index contributed by atoms with van der Waals surface area (Å²) in [6, 6.07) is 3.53. The van der Waals surface area contributed by atoms with Crippen LogP contribution in [0.4, 0.5) is 5.69 Å². The largest absolute Gasteiger partial charge is 0.497 e. The predicted molar refractivity (Wildman–Crippen MR) is 58.2 cm³/mol. The number of fused-ring (bicyclic) bond motifs is 1. The van der Waals surface area contributed by atoms with Gasteiger partial charge in [-0.05, 0) is 31.7 Å². The Labute approximate surface area is 88.6 Å². The fourth-order valence-corrected chi connectivity index (χ4v) is 1.92. The molecule has 0 aliphatic carbocycles. The maximum absolute atomic E-state index is 11.6. The van der Waals surface area contributed by atoms with Gasteiger partial charge < -0.3 is 15.4 Å². The Morgan fingerprint density at radius 2 is 2.20 bits per heavy atom. The molecule has 15 heavy (non-hydrogen) atoms. The minimum atomic E-state index is -0.270. The Morgan fingerprint density at radius 3 is 2.80 bits per heavy atom. The zero-order valence-corrected chi connectivity index (χ0v) is 9.05. The molecule has 1 amide bonds. The van der Waals surface area contributed by atoms with Crippen LogP contribution in [0.1, 0.15) is 17.2 Å². The minimum Gasteiger partial charge on any atom is -0.497 e. The van der Waals surface area contributed by atoms with Crippen LogP contribution in [0.3, 0.4) is 0 Å². The number of ether oxygens (including phenoxy) is 1. The van der Waals surface area contributed by atoms with Crippen molar-refractivity contribution in [2.75, 3.05) is 19.5 Å². The fourth-order valence-electron chi connectivity index (χ4n) is 1.92. The zero-order valence-electron chi connectivity index (χ0n) is 9.05. The van der Waals surface area contributed by atoms with Crippen molar-refractivity contribution in [3.8, 4) is 5.75 Å². The van der Waals surface area contributed by atoms with Crippen molar-refractivity contribution in [2.24, 2.45) is 0 Å². The summed E-state index contributed by atoms with van der Waals surface area (Å²) in [6.07, 6.45) is 0.